The van der Waals surface area contributed by atoms with E-state index < -0.39 is 31.1 Å². The number of hydrogen-bond donors (Lipinski definition) is 3. The van der Waals surface area contributed by atoms with Crippen LogP contribution >= 0.6 is 0 Å². The van der Waals surface area contributed by atoms with E-state index in [1.807, 2.05) is 0 Å². The number of urea groups is 1. The average molecular weight is 294 g/mol. The van der Waals surface area contributed by atoms with Gasteiger partial charge >= 0.3 is 18.0 Å². The van der Waals surface area contributed by atoms with E-state index in [0.29, 0.717) is 16.2 Å². The van der Waals surface area contributed by atoms with Gasteiger partial charge in [-0.15, -0.1) is 0 Å². The minimum Gasteiger partial charge on any atom is -0.480 e. The van der Waals surface area contributed by atoms with E-state index >= 15 is 0 Å². The molecule has 0 aromatic heterocycles. The Balaban J connectivity index is 2.77. The number of carbonyl (C=O) groups is 4. The zero-order chi connectivity index (χ0) is 16.0. The third-order valence-corrected chi connectivity index (χ3v) is 2.48. The van der Waals surface area contributed by atoms with Crippen LogP contribution in [-0.2, 0) is 9.59 Å². The molecule has 0 aliphatic carbocycles. The van der Waals surface area contributed by atoms with Gasteiger partial charge in [0.2, 0.25) is 0 Å². The summed E-state index contributed by atoms with van der Waals surface area (Å²) in [6.45, 7) is -0.0671. The van der Waals surface area contributed by atoms with E-state index in [0.717, 1.165) is 0 Å². The van der Waals surface area contributed by atoms with Crippen LogP contribution in [0.1, 0.15) is 17.3 Å². The predicted molar refractivity (Wildman–Crippen MR) is 72.3 cm³/mol. The number of hydrogen-bond acceptors (Lipinski definition) is 4. The molecular weight excluding hydrogens is 280 g/mol. The van der Waals surface area contributed by atoms with Gasteiger partial charge in [0.1, 0.15) is 13.1 Å². The second-order valence-corrected chi connectivity index (χ2v) is 4.21. The van der Waals surface area contributed by atoms with Gasteiger partial charge < -0.3 is 20.4 Å². The van der Waals surface area contributed by atoms with Gasteiger partial charge in [-0.1, -0.05) is 0 Å². The summed E-state index contributed by atoms with van der Waals surface area (Å²) < 4.78 is 0. The lowest BCUT2D eigenvalue weighted by atomic mass is 10.1. The number of carboxylic acids is 2. The number of Topliss-reactive ketones (excluding diaryl/α,β-unsaturated/α-hetero) is 1. The van der Waals surface area contributed by atoms with Gasteiger partial charge in [0, 0.05) is 11.3 Å². The average Bonchev–Trinajstić information content (AvgIpc) is 2.37. The first kappa shape index (κ1) is 16.2. The number of anilines is 1. The molecule has 112 valence electrons. The lowest BCUT2D eigenvalue weighted by Crippen LogP contribution is -2.41. The van der Waals surface area contributed by atoms with Crippen LogP contribution in [0.3, 0.4) is 0 Å². The summed E-state index contributed by atoms with van der Waals surface area (Å²) in [6.07, 6.45) is 0. The normalized spacial score (nSPS) is 9.76. The third kappa shape index (κ3) is 5.31. The highest BCUT2D eigenvalue weighted by Gasteiger charge is 2.19. The van der Waals surface area contributed by atoms with Gasteiger partial charge in [-0.25, -0.2) is 4.79 Å². The van der Waals surface area contributed by atoms with Crippen LogP contribution in [0.25, 0.3) is 0 Å². The topological polar surface area (TPSA) is 124 Å². The summed E-state index contributed by atoms with van der Waals surface area (Å²) >= 11 is 0. The number of carboxylic acid groups (broad SMARTS) is 2. The van der Waals surface area contributed by atoms with Crippen LogP contribution in [0.2, 0.25) is 0 Å². The Hall–Kier alpha value is -2.90. The van der Waals surface area contributed by atoms with Crippen LogP contribution in [0.15, 0.2) is 24.3 Å². The largest absolute Gasteiger partial charge is 0.480 e. The highest BCUT2D eigenvalue weighted by atomic mass is 16.4. The van der Waals surface area contributed by atoms with E-state index in [1.165, 1.54) is 31.2 Å². The third-order valence-electron chi connectivity index (χ3n) is 2.48. The first-order valence-corrected chi connectivity index (χ1v) is 5.90. The number of rotatable bonds is 6. The monoisotopic (exact) mass is 294 g/mol. The lowest BCUT2D eigenvalue weighted by molar-refractivity contribution is -0.140. The van der Waals surface area contributed by atoms with Crippen molar-refractivity contribution in [2.24, 2.45) is 0 Å². The molecule has 8 nitrogen and oxygen atoms in total. The Bertz CT molecular complexity index is 551. The molecule has 3 N–H and O–H groups in total. The Morgan fingerprint density at radius 3 is 1.86 bits per heavy atom. The van der Waals surface area contributed by atoms with Gasteiger partial charge in [-0.2, -0.15) is 0 Å². The minimum atomic E-state index is -1.32. The smallest absolute Gasteiger partial charge is 0.323 e. The first-order chi connectivity index (χ1) is 9.79. The van der Waals surface area contributed by atoms with Crippen molar-refractivity contribution in [1.82, 2.24) is 4.90 Å². The van der Waals surface area contributed by atoms with Crippen molar-refractivity contribution in [3.05, 3.63) is 29.8 Å². The van der Waals surface area contributed by atoms with Crippen molar-refractivity contribution in [3.8, 4) is 0 Å². The summed E-state index contributed by atoms with van der Waals surface area (Å²) in [6, 6.07) is 5.08. The van der Waals surface area contributed by atoms with Gasteiger partial charge in [0.15, 0.2) is 5.78 Å². The van der Waals surface area contributed by atoms with E-state index in [9.17, 15) is 19.2 Å². The molecule has 1 aromatic rings. The second-order valence-electron chi connectivity index (χ2n) is 4.21. The van der Waals surface area contributed by atoms with Crippen molar-refractivity contribution in [2.75, 3.05) is 18.4 Å². The predicted octanol–water partition coefficient (Wildman–Crippen LogP) is 0.892. The van der Waals surface area contributed by atoms with Gasteiger partial charge in [-0.05, 0) is 31.2 Å². The lowest BCUT2D eigenvalue weighted by Gasteiger charge is -2.19. The quantitative estimate of drug-likeness (QED) is 0.669. The number of aliphatic carboxylic acids is 2. The summed E-state index contributed by atoms with van der Waals surface area (Å²) in [7, 11) is 0. The van der Waals surface area contributed by atoms with Crippen molar-refractivity contribution in [3.63, 3.8) is 0 Å². The van der Waals surface area contributed by atoms with Crippen LogP contribution in [0.5, 0.6) is 0 Å². The molecule has 0 aliphatic heterocycles. The molecule has 8 heteroatoms. The maximum Gasteiger partial charge on any atom is 0.323 e. The molecular formula is C13H14N2O6. The Morgan fingerprint density at radius 1 is 1.00 bits per heavy atom. The van der Waals surface area contributed by atoms with Gasteiger partial charge in [0.25, 0.3) is 0 Å². The molecule has 0 saturated heterocycles. The van der Waals surface area contributed by atoms with Crippen LogP contribution in [-0.4, -0.2) is 52.0 Å². The molecule has 0 atom stereocenters. The number of nitrogens with one attached hydrogen (secondary N) is 1. The van der Waals surface area contributed by atoms with E-state index in [2.05, 4.69) is 5.32 Å². The zero-order valence-electron chi connectivity index (χ0n) is 11.2. The number of nitrogens with zero attached hydrogens (tertiary/aromatic N) is 1. The molecule has 0 fully saturated rings. The Kier molecular flexibility index (Phi) is 5.41. The fraction of sp³-hybridized carbons (Fsp3) is 0.231. The fourth-order valence-electron chi connectivity index (χ4n) is 1.52. The molecule has 1 aromatic carbocycles. The van der Waals surface area contributed by atoms with Crippen molar-refractivity contribution < 1.29 is 29.4 Å². The number of ketones is 1. The molecule has 0 spiro atoms. The molecule has 0 heterocycles. The molecule has 0 bridgehead atoms. The Morgan fingerprint density at radius 2 is 1.48 bits per heavy atom. The summed E-state index contributed by atoms with van der Waals surface area (Å²) in [4.78, 5) is 44.8. The molecule has 0 aliphatic rings. The Labute approximate surface area is 120 Å². The molecule has 0 unspecified atom stereocenters. The van der Waals surface area contributed by atoms with Crippen LogP contribution in [0, 0.1) is 0 Å². The summed E-state index contributed by atoms with van der Waals surface area (Å²) in [5.74, 6) is -2.78. The van der Waals surface area contributed by atoms with Crippen molar-refractivity contribution in [1.29, 1.82) is 0 Å². The van der Waals surface area contributed by atoms with Crippen LogP contribution in [0.4, 0.5) is 10.5 Å². The zero-order valence-corrected chi connectivity index (χ0v) is 11.2. The highest BCUT2D eigenvalue weighted by Crippen LogP contribution is 2.11. The molecule has 0 radical (unpaired) electrons. The van der Waals surface area contributed by atoms with E-state index in [4.69, 9.17) is 10.2 Å². The molecule has 1 rings (SSSR count). The SMILES string of the molecule is CC(=O)c1ccc(NC(=O)N(CC(=O)O)CC(=O)O)cc1. The second kappa shape index (κ2) is 7.04. The van der Waals surface area contributed by atoms with Crippen LogP contribution < -0.4 is 5.32 Å². The van der Waals surface area contributed by atoms with Gasteiger partial charge in [0.05, 0.1) is 0 Å². The molecule has 21 heavy (non-hydrogen) atoms. The number of carbonyl (C=O) groups excluding carboxylic acids is 2. The van der Waals surface area contributed by atoms with Crippen molar-refractivity contribution >= 4 is 29.4 Å². The maximum absolute atomic E-state index is 11.8. The standard InChI is InChI=1S/C13H14N2O6/c1-8(16)9-2-4-10(5-3-9)14-13(21)15(6-11(17)18)7-12(19)20/h2-5H,6-7H2,1H3,(H,14,21)(H,17,18)(H,19,20). The molecule has 0 saturated carbocycles. The van der Waals surface area contributed by atoms with Crippen molar-refractivity contribution in [2.45, 2.75) is 6.92 Å². The fourth-order valence-corrected chi connectivity index (χ4v) is 1.52. The van der Waals surface area contributed by atoms with E-state index in [-0.39, 0.29) is 5.78 Å². The minimum absolute atomic E-state index is 0.133. The number of amides is 2. The maximum atomic E-state index is 11.8. The highest BCUT2D eigenvalue weighted by molar-refractivity contribution is 5.96. The molecule has 2 amide bonds. The summed E-state index contributed by atoms with van der Waals surface area (Å²) in [5.41, 5.74) is 0.784. The van der Waals surface area contributed by atoms with E-state index in [1.54, 1.807) is 0 Å². The summed E-state index contributed by atoms with van der Waals surface area (Å²) in [5, 5.41) is 19.7. The number of benzene rings is 1. The first-order valence-electron chi connectivity index (χ1n) is 5.90. The van der Waals surface area contributed by atoms with Gasteiger partial charge in [-0.3, -0.25) is 14.4 Å².